The minimum Gasteiger partial charge on any atom is -0.481 e. The standard InChI is InChI=1S/C16H27NO3/c1-10-7-12(13(8-10)15(19)20)14(18)17-6-5-11(9-17)16(2,3)4/h10-13H,5-9H2,1-4H3,(H,19,20)/t10?,11?,12-,13+/m0/s1. The van der Waals surface area contributed by atoms with E-state index in [2.05, 4.69) is 20.8 Å². The monoisotopic (exact) mass is 281 g/mol. The van der Waals surface area contributed by atoms with Crippen LogP contribution in [0.1, 0.15) is 47.0 Å². The highest BCUT2D eigenvalue weighted by molar-refractivity contribution is 5.85. The van der Waals surface area contributed by atoms with Crippen LogP contribution in [0.3, 0.4) is 0 Å². The molecular formula is C16H27NO3. The molecule has 0 aromatic carbocycles. The molecule has 1 N–H and O–H groups in total. The number of likely N-dealkylation sites (tertiary alicyclic amines) is 1. The van der Waals surface area contributed by atoms with Gasteiger partial charge in [-0.25, -0.2) is 0 Å². The first kappa shape index (κ1) is 15.3. The number of carbonyl (C=O) groups is 2. The lowest BCUT2D eigenvalue weighted by Gasteiger charge is -2.28. The van der Waals surface area contributed by atoms with Gasteiger partial charge in [0.2, 0.25) is 5.91 Å². The average Bonchev–Trinajstić information content (AvgIpc) is 2.93. The Bertz CT molecular complexity index is 399. The molecule has 4 nitrogen and oxygen atoms in total. The molecule has 2 unspecified atom stereocenters. The van der Waals surface area contributed by atoms with E-state index in [4.69, 9.17) is 0 Å². The number of hydrogen-bond donors (Lipinski definition) is 1. The maximum atomic E-state index is 12.6. The van der Waals surface area contributed by atoms with Crippen molar-refractivity contribution in [3.8, 4) is 0 Å². The van der Waals surface area contributed by atoms with E-state index in [1.165, 1.54) is 0 Å². The third-order valence-electron chi connectivity index (χ3n) is 5.16. The summed E-state index contributed by atoms with van der Waals surface area (Å²) in [4.78, 5) is 25.9. The van der Waals surface area contributed by atoms with E-state index in [0.717, 1.165) is 25.9 Å². The molecule has 0 bridgehead atoms. The van der Waals surface area contributed by atoms with Gasteiger partial charge in [-0.05, 0) is 36.5 Å². The minimum atomic E-state index is -0.806. The Morgan fingerprint density at radius 2 is 1.75 bits per heavy atom. The molecule has 20 heavy (non-hydrogen) atoms. The van der Waals surface area contributed by atoms with Crippen molar-refractivity contribution in [2.75, 3.05) is 13.1 Å². The fourth-order valence-corrected chi connectivity index (χ4v) is 3.74. The smallest absolute Gasteiger partial charge is 0.307 e. The molecule has 2 aliphatic rings. The van der Waals surface area contributed by atoms with Crippen molar-refractivity contribution in [3.05, 3.63) is 0 Å². The summed E-state index contributed by atoms with van der Waals surface area (Å²) in [7, 11) is 0. The highest BCUT2D eigenvalue weighted by Crippen LogP contribution is 2.40. The van der Waals surface area contributed by atoms with Crippen LogP contribution in [-0.4, -0.2) is 35.0 Å². The van der Waals surface area contributed by atoms with Crippen LogP contribution >= 0.6 is 0 Å². The Labute approximate surface area is 121 Å². The van der Waals surface area contributed by atoms with Gasteiger partial charge in [-0.15, -0.1) is 0 Å². The van der Waals surface area contributed by atoms with Crippen LogP contribution in [-0.2, 0) is 9.59 Å². The van der Waals surface area contributed by atoms with E-state index in [-0.39, 0.29) is 17.2 Å². The summed E-state index contributed by atoms with van der Waals surface area (Å²) < 4.78 is 0. The Morgan fingerprint density at radius 1 is 1.15 bits per heavy atom. The molecule has 1 amide bonds. The van der Waals surface area contributed by atoms with E-state index in [0.29, 0.717) is 18.3 Å². The topological polar surface area (TPSA) is 57.6 Å². The van der Waals surface area contributed by atoms with Crippen molar-refractivity contribution in [2.45, 2.75) is 47.0 Å². The summed E-state index contributed by atoms with van der Waals surface area (Å²) in [5.74, 6) is -0.653. The van der Waals surface area contributed by atoms with Gasteiger partial charge < -0.3 is 10.0 Å². The number of nitrogens with zero attached hydrogens (tertiary/aromatic N) is 1. The van der Waals surface area contributed by atoms with Gasteiger partial charge in [0.25, 0.3) is 0 Å². The first-order chi connectivity index (χ1) is 9.20. The lowest BCUT2D eigenvalue weighted by Crippen LogP contribution is -2.38. The molecular weight excluding hydrogens is 254 g/mol. The van der Waals surface area contributed by atoms with E-state index in [1.54, 1.807) is 0 Å². The second-order valence-electron chi connectivity index (χ2n) is 7.76. The second kappa shape index (κ2) is 5.38. The maximum Gasteiger partial charge on any atom is 0.307 e. The predicted octanol–water partition coefficient (Wildman–Crippen LogP) is 2.63. The number of carboxylic acids is 1. The van der Waals surface area contributed by atoms with Gasteiger partial charge in [-0.1, -0.05) is 27.7 Å². The van der Waals surface area contributed by atoms with Crippen LogP contribution in [0.4, 0.5) is 0 Å². The SMILES string of the molecule is CC1C[C@H](C(=O)N2CCC(C(C)(C)C)C2)[C@H](C(=O)O)C1. The Hall–Kier alpha value is -1.06. The Morgan fingerprint density at radius 3 is 2.25 bits per heavy atom. The number of carbonyl (C=O) groups excluding carboxylic acids is 1. The molecule has 2 fully saturated rings. The van der Waals surface area contributed by atoms with Gasteiger partial charge in [0.1, 0.15) is 0 Å². The first-order valence-electron chi connectivity index (χ1n) is 7.71. The molecule has 1 saturated heterocycles. The van der Waals surface area contributed by atoms with Crippen molar-refractivity contribution < 1.29 is 14.7 Å². The van der Waals surface area contributed by atoms with Crippen LogP contribution in [0, 0.1) is 29.1 Å². The van der Waals surface area contributed by atoms with E-state index in [1.807, 2.05) is 11.8 Å². The molecule has 4 heteroatoms. The molecule has 1 heterocycles. The van der Waals surface area contributed by atoms with Crippen LogP contribution in [0.2, 0.25) is 0 Å². The lowest BCUT2D eigenvalue weighted by molar-refractivity contribution is -0.148. The van der Waals surface area contributed by atoms with Crippen LogP contribution in [0.5, 0.6) is 0 Å². The zero-order valence-electron chi connectivity index (χ0n) is 13.1. The van der Waals surface area contributed by atoms with Crippen LogP contribution in [0.25, 0.3) is 0 Å². The molecule has 1 saturated carbocycles. The van der Waals surface area contributed by atoms with E-state index < -0.39 is 11.9 Å². The van der Waals surface area contributed by atoms with Gasteiger partial charge in [0, 0.05) is 13.1 Å². The van der Waals surface area contributed by atoms with Gasteiger partial charge in [0.05, 0.1) is 11.8 Å². The number of carboxylic acid groups (broad SMARTS) is 1. The van der Waals surface area contributed by atoms with Gasteiger partial charge in [-0.3, -0.25) is 9.59 Å². The van der Waals surface area contributed by atoms with Crippen LogP contribution < -0.4 is 0 Å². The van der Waals surface area contributed by atoms with E-state index in [9.17, 15) is 14.7 Å². The summed E-state index contributed by atoms with van der Waals surface area (Å²) in [6.45, 7) is 10.3. The number of hydrogen-bond acceptors (Lipinski definition) is 2. The number of aliphatic carboxylic acids is 1. The third kappa shape index (κ3) is 2.99. The summed E-state index contributed by atoms with van der Waals surface area (Å²) >= 11 is 0. The normalized spacial score (nSPS) is 34.5. The van der Waals surface area contributed by atoms with E-state index >= 15 is 0 Å². The second-order valence-corrected chi connectivity index (χ2v) is 7.76. The molecule has 0 radical (unpaired) electrons. The maximum absolute atomic E-state index is 12.6. The van der Waals surface area contributed by atoms with Crippen molar-refractivity contribution in [1.82, 2.24) is 4.90 Å². The van der Waals surface area contributed by atoms with Gasteiger partial charge >= 0.3 is 5.97 Å². The summed E-state index contributed by atoms with van der Waals surface area (Å²) in [6, 6.07) is 0. The minimum absolute atomic E-state index is 0.0773. The third-order valence-corrected chi connectivity index (χ3v) is 5.16. The van der Waals surface area contributed by atoms with Gasteiger partial charge in [-0.2, -0.15) is 0 Å². The Kier molecular flexibility index (Phi) is 4.12. The molecule has 1 aliphatic carbocycles. The zero-order valence-corrected chi connectivity index (χ0v) is 13.1. The van der Waals surface area contributed by atoms with Crippen molar-refractivity contribution in [1.29, 1.82) is 0 Å². The molecule has 0 aromatic rings. The fourth-order valence-electron chi connectivity index (χ4n) is 3.74. The highest BCUT2D eigenvalue weighted by Gasteiger charge is 2.44. The zero-order chi connectivity index (χ0) is 15.1. The van der Waals surface area contributed by atoms with Crippen molar-refractivity contribution >= 4 is 11.9 Å². The molecule has 0 aromatic heterocycles. The molecule has 2 rings (SSSR count). The predicted molar refractivity (Wildman–Crippen MR) is 77.2 cm³/mol. The molecule has 4 atom stereocenters. The lowest BCUT2D eigenvalue weighted by atomic mass is 9.80. The number of amides is 1. The summed E-state index contributed by atoms with van der Waals surface area (Å²) in [6.07, 6.45) is 2.41. The molecule has 0 spiro atoms. The quantitative estimate of drug-likeness (QED) is 0.846. The largest absolute Gasteiger partial charge is 0.481 e. The van der Waals surface area contributed by atoms with Gasteiger partial charge in [0.15, 0.2) is 0 Å². The Balaban J connectivity index is 2.03. The van der Waals surface area contributed by atoms with Crippen molar-refractivity contribution in [3.63, 3.8) is 0 Å². The fraction of sp³-hybridized carbons (Fsp3) is 0.875. The molecule has 114 valence electrons. The first-order valence-corrected chi connectivity index (χ1v) is 7.71. The summed E-state index contributed by atoms with van der Waals surface area (Å²) in [5, 5.41) is 9.30. The molecule has 1 aliphatic heterocycles. The average molecular weight is 281 g/mol. The van der Waals surface area contributed by atoms with Crippen LogP contribution in [0.15, 0.2) is 0 Å². The highest BCUT2D eigenvalue weighted by atomic mass is 16.4. The summed E-state index contributed by atoms with van der Waals surface area (Å²) in [5.41, 5.74) is 0.212. The van der Waals surface area contributed by atoms with Crippen molar-refractivity contribution in [2.24, 2.45) is 29.1 Å². The number of rotatable bonds is 2.